The highest BCUT2D eigenvalue weighted by atomic mass is 15.3. The lowest BCUT2D eigenvalue weighted by Crippen LogP contribution is -2.24. The first-order chi connectivity index (χ1) is 7.47. The Morgan fingerprint density at radius 1 is 1.50 bits per heavy atom. The maximum atomic E-state index is 6.28. The maximum Gasteiger partial charge on any atom is 0.126 e. The summed E-state index contributed by atoms with van der Waals surface area (Å²) in [4.78, 5) is 0. The molecule has 1 aromatic heterocycles. The molecule has 2 rings (SSSR count). The molecule has 3 heteroatoms. The van der Waals surface area contributed by atoms with Gasteiger partial charge in [-0.1, -0.05) is 20.8 Å². The van der Waals surface area contributed by atoms with Gasteiger partial charge in [0.2, 0.25) is 0 Å². The normalized spacial score (nSPS) is 20.5. The highest BCUT2D eigenvalue weighted by Crippen LogP contribution is 2.40. The third-order valence-electron chi connectivity index (χ3n) is 3.92. The molecule has 1 aliphatic carbocycles. The van der Waals surface area contributed by atoms with Crippen LogP contribution in [-0.4, -0.2) is 9.78 Å². The van der Waals surface area contributed by atoms with Gasteiger partial charge < -0.3 is 5.73 Å². The SMILES string of the molecule is CCC(C)n1nc2c(c1N)C(C)(C)CCC2. The summed E-state index contributed by atoms with van der Waals surface area (Å²) < 4.78 is 2.03. The van der Waals surface area contributed by atoms with Gasteiger partial charge in [-0.2, -0.15) is 5.10 Å². The van der Waals surface area contributed by atoms with Gasteiger partial charge in [0, 0.05) is 5.56 Å². The van der Waals surface area contributed by atoms with Crippen LogP contribution in [0, 0.1) is 0 Å². The van der Waals surface area contributed by atoms with Crippen molar-refractivity contribution in [2.24, 2.45) is 0 Å². The molecule has 0 aliphatic heterocycles. The molecule has 1 heterocycles. The average molecular weight is 221 g/mol. The molecule has 0 saturated carbocycles. The van der Waals surface area contributed by atoms with E-state index in [-0.39, 0.29) is 5.41 Å². The molecule has 16 heavy (non-hydrogen) atoms. The molecule has 0 spiro atoms. The Balaban J connectivity index is 2.51. The van der Waals surface area contributed by atoms with Crippen LogP contribution in [0.4, 0.5) is 5.82 Å². The maximum absolute atomic E-state index is 6.28. The number of hydrogen-bond donors (Lipinski definition) is 1. The van der Waals surface area contributed by atoms with E-state index in [4.69, 9.17) is 10.8 Å². The van der Waals surface area contributed by atoms with Crippen LogP contribution in [0.3, 0.4) is 0 Å². The number of hydrogen-bond acceptors (Lipinski definition) is 2. The summed E-state index contributed by atoms with van der Waals surface area (Å²) in [6, 6.07) is 0.404. The topological polar surface area (TPSA) is 43.8 Å². The first-order valence-corrected chi connectivity index (χ1v) is 6.34. The number of fused-ring (bicyclic) bond motifs is 1. The van der Waals surface area contributed by atoms with Gasteiger partial charge in [0.25, 0.3) is 0 Å². The molecule has 1 atom stereocenters. The van der Waals surface area contributed by atoms with Crippen molar-refractivity contribution in [2.75, 3.05) is 5.73 Å². The minimum absolute atomic E-state index is 0.198. The molecule has 0 saturated heterocycles. The molecule has 0 bridgehead atoms. The van der Waals surface area contributed by atoms with E-state index in [1.165, 1.54) is 24.1 Å². The average Bonchev–Trinajstić information content (AvgIpc) is 2.55. The fourth-order valence-corrected chi connectivity index (χ4v) is 2.74. The van der Waals surface area contributed by atoms with Crippen molar-refractivity contribution >= 4 is 5.82 Å². The summed E-state index contributed by atoms with van der Waals surface area (Å²) in [6.45, 7) is 8.92. The Morgan fingerprint density at radius 3 is 2.75 bits per heavy atom. The molecular formula is C13H23N3. The Morgan fingerprint density at radius 2 is 2.19 bits per heavy atom. The standard InChI is InChI=1S/C13H23N3/c1-5-9(2)16-12(14)11-10(15-16)7-6-8-13(11,3)4/h9H,5-8,14H2,1-4H3. The van der Waals surface area contributed by atoms with Gasteiger partial charge in [0.05, 0.1) is 11.7 Å². The van der Waals surface area contributed by atoms with Crippen molar-refractivity contribution in [3.63, 3.8) is 0 Å². The third kappa shape index (κ3) is 1.62. The highest BCUT2D eigenvalue weighted by molar-refractivity contribution is 5.49. The van der Waals surface area contributed by atoms with Crippen LogP contribution in [0.2, 0.25) is 0 Å². The zero-order valence-electron chi connectivity index (χ0n) is 10.9. The van der Waals surface area contributed by atoms with E-state index in [0.29, 0.717) is 6.04 Å². The van der Waals surface area contributed by atoms with Gasteiger partial charge in [-0.3, -0.25) is 0 Å². The number of nitrogens with two attached hydrogens (primary N) is 1. The first kappa shape index (κ1) is 11.5. The summed E-state index contributed by atoms with van der Waals surface area (Å²) in [6.07, 6.45) is 4.62. The first-order valence-electron chi connectivity index (χ1n) is 6.34. The number of rotatable bonds is 2. The van der Waals surface area contributed by atoms with E-state index in [1.807, 2.05) is 4.68 Å². The van der Waals surface area contributed by atoms with E-state index in [2.05, 4.69) is 27.7 Å². The van der Waals surface area contributed by atoms with Crippen LogP contribution in [0.5, 0.6) is 0 Å². The molecular weight excluding hydrogens is 198 g/mol. The van der Waals surface area contributed by atoms with Crippen LogP contribution in [0.25, 0.3) is 0 Å². The van der Waals surface area contributed by atoms with Crippen molar-refractivity contribution in [2.45, 2.75) is 64.8 Å². The second-order valence-corrected chi connectivity index (χ2v) is 5.65. The largest absolute Gasteiger partial charge is 0.384 e. The number of nitrogen functional groups attached to an aromatic ring is 1. The Bertz CT molecular complexity index is 390. The summed E-state index contributed by atoms with van der Waals surface area (Å²) in [5, 5.41) is 4.71. The fourth-order valence-electron chi connectivity index (χ4n) is 2.74. The van der Waals surface area contributed by atoms with Gasteiger partial charge in [-0.05, 0) is 38.0 Å². The van der Waals surface area contributed by atoms with Crippen molar-refractivity contribution in [3.05, 3.63) is 11.3 Å². The molecule has 3 nitrogen and oxygen atoms in total. The van der Waals surface area contributed by atoms with E-state index < -0.39 is 0 Å². The molecule has 0 aromatic carbocycles. The lowest BCUT2D eigenvalue weighted by Gasteiger charge is -2.29. The zero-order chi connectivity index (χ0) is 11.9. The quantitative estimate of drug-likeness (QED) is 0.834. The van der Waals surface area contributed by atoms with E-state index in [1.54, 1.807) is 0 Å². The molecule has 1 aliphatic rings. The number of nitrogens with zero attached hydrogens (tertiary/aromatic N) is 2. The minimum atomic E-state index is 0.198. The summed E-state index contributed by atoms with van der Waals surface area (Å²) in [5.41, 5.74) is 9.01. The van der Waals surface area contributed by atoms with Crippen LogP contribution >= 0.6 is 0 Å². The summed E-state index contributed by atoms with van der Waals surface area (Å²) in [5.74, 6) is 0.897. The van der Waals surface area contributed by atoms with Crippen LogP contribution in [0.15, 0.2) is 0 Å². The third-order valence-corrected chi connectivity index (χ3v) is 3.92. The Kier molecular flexibility index (Phi) is 2.72. The van der Waals surface area contributed by atoms with Crippen molar-refractivity contribution < 1.29 is 0 Å². The van der Waals surface area contributed by atoms with E-state index in [0.717, 1.165) is 18.7 Å². The van der Waals surface area contributed by atoms with Crippen LogP contribution in [-0.2, 0) is 11.8 Å². The lowest BCUT2D eigenvalue weighted by atomic mass is 9.75. The van der Waals surface area contributed by atoms with Gasteiger partial charge in [0.15, 0.2) is 0 Å². The number of aromatic nitrogens is 2. The predicted molar refractivity (Wildman–Crippen MR) is 67.6 cm³/mol. The van der Waals surface area contributed by atoms with Crippen LogP contribution < -0.4 is 5.73 Å². The molecule has 0 amide bonds. The van der Waals surface area contributed by atoms with Crippen molar-refractivity contribution in [1.29, 1.82) is 0 Å². The minimum Gasteiger partial charge on any atom is -0.384 e. The smallest absolute Gasteiger partial charge is 0.126 e. The zero-order valence-corrected chi connectivity index (χ0v) is 10.9. The van der Waals surface area contributed by atoms with Crippen LogP contribution in [0.1, 0.15) is 64.3 Å². The monoisotopic (exact) mass is 221 g/mol. The molecule has 90 valence electrons. The molecule has 2 N–H and O–H groups in total. The van der Waals surface area contributed by atoms with E-state index in [9.17, 15) is 0 Å². The predicted octanol–water partition coefficient (Wildman–Crippen LogP) is 3.05. The highest BCUT2D eigenvalue weighted by Gasteiger charge is 2.33. The second kappa shape index (κ2) is 3.79. The number of anilines is 1. The lowest BCUT2D eigenvalue weighted by molar-refractivity contribution is 0.431. The molecule has 0 radical (unpaired) electrons. The molecule has 0 fully saturated rings. The van der Waals surface area contributed by atoms with Gasteiger partial charge in [0.1, 0.15) is 5.82 Å². The van der Waals surface area contributed by atoms with E-state index >= 15 is 0 Å². The molecule has 1 aromatic rings. The van der Waals surface area contributed by atoms with Crippen molar-refractivity contribution in [1.82, 2.24) is 9.78 Å². The Labute approximate surface area is 98.0 Å². The van der Waals surface area contributed by atoms with Gasteiger partial charge in [-0.15, -0.1) is 0 Å². The Hall–Kier alpha value is -0.990. The number of aryl methyl sites for hydroxylation is 1. The van der Waals surface area contributed by atoms with Crippen molar-refractivity contribution in [3.8, 4) is 0 Å². The fraction of sp³-hybridized carbons (Fsp3) is 0.769. The second-order valence-electron chi connectivity index (χ2n) is 5.65. The van der Waals surface area contributed by atoms with Gasteiger partial charge >= 0.3 is 0 Å². The summed E-state index contributed by atoms with van der Waals surface area (Å²) in [7, 11) is 0. The summed E-state index contributed by atoms with van der Waals surface area (Å²) >= 11 is 0. The molecule has 1 unspecified atom stereocenters. The van der Waals surface area contributed by atoms with Gasteiger partial charge in [-0.25, -0.2) is 4.68 Å².